The van der Waals surface area contributed by atoms with Crippen molar-refractivity contribution in [1.29, 1.82) is 0 Å². The van der Waals surface area contributed by atoms with Crippen molar-refractivity contribution in [2.45, 2.75) is 57.9 Å². The van der Waals surface area contributed by atoms with E-state index in [1.165, 1.54) is 23.8 Å². The van der Waals surface area contributed by atoms with Crippen molar-refractivity contribution in [2.24, 2.45) is 23.2 Å². The van der Waals surface area contributed by atoms with E-state index in [-0.39, 0.29) is 11.3 Å². The van der Waals surface area contributed by atoms with Crippen LogP contribution in [0.1, 0.15) is 61.6 Å². The van der Waals surface area contributed by atoms with Crippen molar-refractivity contribution in [3.8, 4) is 5.75 Å². The van der Waals surface area contributed by atoms with Crippen molar-refractivity contribution >= 4 is 16.6 Å². The number of carbonyl (C=O) groups is 1. The molecule has 0 amide bonds. The van der Waals surface area contributed by atoms with E-state index in [0.717, 1.165) is 37.7 Å². The minimum Gasteiger partial charge on any atom is -0.371 e. The first kappa shape index (κ1) is 16.8. The molecule has 2 fully saturated rings. The Hall–Kier alpha value is -1.40. The maximum atomic E-state index is 11.7. The lowest BCUT2D eigenvalue weighted by Crippen LogP contribution is -2.43. The Balaban J connectivity index is 1.52. The van der Waals surface area contributed by atoms with Gasteiger partial charge in [0.15, 0.2) is 0 Å². The SMILES string of the molecule is CC12CCC3c4ccc5c(c4CCC3C1CC[C@@H]2C=O)CNS(=O)(=O)O5. The highest BCUT2D eigenvalue weighted by Crippen LogP contribution is 2.62. The predicted octanol–water partition coefficient (Wildman–Crippen LogP) is 3.08. The summed E-state index contributed by atoms with van der Waals surface area (Å²) in [6, 6.07) is 3.94. The van der Waals surface area contributed by atoms with Crippen molar-refractivity contribution in [2.75, 3.05) is 0 Å². The molecule has 140 valence electrons. The molecule has 1 aromatic rings. The molecule has 26 heavy (non-hydrogen) atoms. The van der Waals surface area contributed by atoms with Gasteiger partial charge in [-0.05, 0) is 78.9 Å². The molecule has 4 unspecified atom stereocenters. The molecule has 3 aliphatic carbocycles. The zero-order chi connectivity index (χ0) is 18.1. The predicted molar refractivity (Wildman–Crippen MR) is 97.0 cm³/mol. The monoisotopic (exact) mass is 375 g/mol. The zero-order valence-corrected chi connectivity index (χ0v) is 15.8. The second-order valence-corrected chi connectivity index (χ2v) is 10.1. The largest absolute Gasteiger partial charge is 0.382 e. The number of nitrogens with one attached hydrogen (secondary N) is 1. The zero-order valence-electron chi connectivity index (χ0n) is 15.0. The van der Waals surface area contributed by atoms with Crippen LogP contribution < -0.4 is 8.91 Å². The molecule has 5 atom stereocenters. The molecule has 0 spiro atoms. The molecule has 1 aliphatic heterocycles. The molecule has 1 heterocycles. The summed E-state index contributed by atoms with van der Waals surface area (Å²) in [5, 5.41) is 0. The van der Waals surface area contributed by atoms with E-state index in [1.54, 1.807) is 0 Å². The van der Waals surface area contributed by atoms with Gasteiger partial charge in [0.25, 0.3) is 0 Å². The minimum absolute atomic E-state index is 0.174. The Bertz CT molecular complexity index is 880. The number of hydrogen-bond donors (Lipinski definition) is 1. The maximum absolute atomic E-state index is 11.7. The molecule has 0 bridgehead atoms. The van der Waals surface area contributed by atoms with Gasteiger partial charge in [-0.25, -0.2) is 0 Å². The Morgan fingerprint density at radius 3 is 2.85 bits per heavy atom. The van der Waals surface area contributed by atoms with E-state index in [1.807, 2.05) is 6.07 Å². The van der Waals surface area contributed by atoms with Crippen molar-refractivity contribution < 1.29 is 17.4 Å². The van der Waals surface area contributed by atoms with E-state index >= 15 is 0 Å². The van der Waals surface area contributed by atoms with Gasteiger partial charge in [-0.3, -0.25) is 0 Å². The average molecular weight is 375 g/mol. The van der Waals surface area contributed by atoms with Crippen LogP contribution in [0.4, 0.5) is 0 Å². The molecule has 1 N–H and O–H groups in total. The topological polar surface area (TPSA) is 72.5 Å². The lowest BCUT2D eigenvalue weighted by atomic mass is 9.54. The molecule has 0 radical (unpaired) electrons. The highest BCUT2D eigenvalue weighted by molar-refractivity contribution is 7.85. The third kappa shape index (κ3) is 2.24. The molecule has 5 nitrogen and oxygen atoms in total. The fourth-order valence-corrected chi connectivity index (χ4v) is 7.34. The summed E-state index contributed by atoms with van der Waals surface area (Å²) >= 11 is 0. The van der Waals surface area contributed by atoms with Crippen LogP contribution in [0.15, 0.2) is 12.1 Å². The molecule has 5 rings (SSSR count). The Kier molecular flexibility index (Phi) is 3.58. The second-order valence-electron chi connectivity index (χ2n) is 8.75. The van der Waals surface area contributed by atoms with Gasteiger partial charge in [-0.15, -0.1) is 0 Å². The van der Waals surface area contributed by atoms with Gasteiger partial charge in [-0.2, -0.15) is 13.1 Å². The van der Waals surface area contributed by atoms with E-state index in [2.05, 4.69) is 17.7 Å². The first-order chi connectivity index (χ1) is 12.4. The molecule has 2 saturated carbocycles. The summed E-state index contributed by atoms with van der Waals surface area (Å²) < 4.78 is 31.0. The number of hydrogen-bond acceptors (Lipinski definition) is 4. The lowest BCUT2D eigenvalue weighted by Gasteiger charge is -2.50. The average Bonchev–Trinajstić information content (AvgIpc) is 2.96. The van der Waals surface area contributed by atoms with Gasteiger partial charge < -0.3 is 8.98 Å². The molecule has 1 aromatic carbocycles. The Morgan fingerprint density at radius 1 is 1.19 bits per heavy atom. The Labute approximate surface area is 154 Å². The van der Waals surface area contributed by atoms with Crippen LogP contribution in [0, 0.1) is 23.2 Å². The van der Waals surface area contributed by atoms with Gasteiger partial charge in [0, 0.05) is 18.0 Å². The van der Waals surface area contributed by atoms with Crippen molar-refractivity contribution in [1.82, 2.24) is 4.72 Å². The van der Waals surface area contributed by atoms with Crippen LogP contribution in [-0.4, -0.2) is 14.7 Å². The fourth-order valence-electron chi connectivity index (χ4n) is 6.56. The van der Waals surface area contributed by atoms with Crippen LogP contribution in [0.2, 0.25) is 0 Å². The molecular formula is C20H25NO4S. The third-order valence-electron chi connectivity index (χ3n) is 7.85. The van der Waals surface area contributed by atoms with Crippen molar-refractivity contribution in [3.63, 3.8) is 0 Å². The van der Waals surface area contributed by atoms with Gasteiger partial charge >= 0.3 is 10.3 Å². The van der Waals surface area contributed by atoms with Gasteiger partial charge in [0.2, 0.25) is 0 Å². The van der Waals surface area contributed by atoms with E-state index in [9.17, 15) is 13.2 Å². The standard InChI is InChI=1S/C20H25NO4S/c1-20-9-8-15-13-5-7-19-17(10-21-26(23,24)25-19)14(13)3-4-16(15)18(20)6-2-12(20)11-22/h5,7,11-12,15-16,18,21H,2-4,6,8-10H2,1H3/t12-,15?,16?,18?,20?/m1/s1. The van der Waals surface area contributed by atoms with Crippen LogP contribution >= 0.6 is 0 Å². The molecule has 4 aliphatic rings. The molecule has 0 saturated heterocycles. The first-order valence-corrected chi connectivity index (χ1v) is 11.1. The minimum atomic E-state index is -3.66. The fraction of sp³-hybridized carbons (Fsp3) is 0.650. The highest BCUT2D eigenvalue weighted by atomic mass is 32.2. The normalized spacial score (nSPS) is 39.7. The second kappa shape index (κ2) is 5.55. The van der Waals surface area contributed by atoms with Crippen LogP contribution in [0.5, 0.6) is 5.75 Å². The summed E-state index contributed by atoms with van der Waals surface area (Å²) in [7, 11) is -3.66. The molecule has 6 heteroatoms. The summed E-state index contributed by atoms with van der Waals surface area (Å²) in [6.45, 7) is 2.66. The molecular weight excluding hydrogens is 350 g/mol. The smallest absolute Gasteiger partial charge is 0.371 e. The number of aldehydes is 1. The van der Waals surface area contributed by atoms with Gasteiger partial charge in [0.1, 0.15) is 12.0 Å². The maximum Gasteiger partial charge on any atom is 0.382 e. The quantitative estimate of drug-likeness (QED) is 0.766. The van der Waals surface area contributed by atoms with Gasteiger partial charge in [0.05, 0.1) is 0 Å². The third-order valence-corrected chi connectivity index (χ3v) is 8.75. The number of benzene rings is 1. The summed E-state index contributed by atoms with van der Waals surface area (Å²) in [6.07, 6.45) is 7.76. The van der Waals surface area contributed by atoms with E-state index in [4.69, 9.17) is 4.18 Å². The van der Waals surface area contributed by atoms with E-state index < -0.39 is 10.3 Å². The van der Waals surface area contributed by atoms with Crippen LogP contribution in [-0.2, 0) is 28.1 Å². The first-order valence-electron chi connectivity index (χ1n) is 9.72. The van der Waals surface area contributed by atoms with Gasteiger partial charge in [-0.1, -0.05) is 13.0 Å². The summed E-state index contributed by atoms with van der Waals surface area (Å²) in [4.78, 5) is 11.6. The Morgan fingerprint density at radius 2 is 2.04 bits per heavy atom. The number of fused-ring (bicyclic) bond motifs is 7. The molecule has 0 aromatic heterocycles. The highest BCUT2D eigenvalue weighted by Gasteiger charge is 2.54. The lowest BCUT2D eigenvalue weighted by molar-refractivity contribution is -0.115. The van der Waals surface area contributed by atoms with Crippen LogP contribution in [0.25, 0.3) is 0 Å². The number of carbonyl (C=O) groups excluding carboxylic acids is 1. The summed E-state index contributed by atoms with van der Waals surface area (Å²) in [5.41, 5.74) is 3.87. The number of rotatable bonds is 1. The van der Waals surface area contributed by atoms with E-state index in [0.29, 0.717) is 30.0 Å². The van der Waals surface area contributed by atoms with Crippen LogP contribution in [0.3, 0.4) is 0 Å². The van der Waals surface area contributed by atoms with Crippen molar-refractivity contribution in [3.05, 3.63) is 28.8 Å². The summed E-state index contributed by atoms with van der Waals surface area (Å²) in [5.74, 6) is 2.52.